The van der Waals surface area contributed by atoms with Gasteiger partial charge in [-0.25, -0.2) is 0 Å². The number of aromatic nitrogens is 1. The molecule has 7 heteroatoms. The normalized spacial score (nSPS) is 10.6. The van der Waals surface area contributed by atoms with Crippen molar-refractivity contribution in [2.45, 2.75) is 13.3 Å². The van der Waals surface area contributed by atoms with Crippen molar-refractivity contribution in [2.75, 3.05) is 20.8 Å². The Morgan fingerprint density at radius 2 is 1.96 bits per heavy atom. The highest BCUT2D eigenvalue weighted by Gasteiger charge is 2.22. The van der Waals surface area contributed by atoms with Crippen LogP contribution < -0.4 is 14.8 Å². The molecule has 0 unspecified atom stereocenters. The molecule has 0 radical (unpaired) electrons. The molecule has 3 aromatic rings. The van der Waals surface area contributed by atoms with Crippen LogP contribution in [0.4, 0.5) is 0 Å². The van der Waals surface area contributed by atoms with Crippen LogP contribution in [-0.4, -0.2) is 31.8 Å². The smallest absolute Gasteiger partial charge is 0.257 e. The van der Waals surface area contributed by atoms with Crippen LogP contribution in [0.15, 0.2) is 40.2 Å². The number of carbonyl (C=O) groups is 1. The van der Waals surface area contributed by atoms with Crippen molar-refractivity contribution < 1.29 is 18.8 Å². The highest BCUT2D eigenvalue weighted by atomic mass is 32.1. The number of nitrogens with one attached hydrogen (secondary N) is 1. The molecule has 0 bridgehead atoms. The zero-order chi connectivity index (χ0) is 18.5. The first kappa shape index (κ1) is 18.0. The average Bonchev–Trinajstić information content (AvgIpc) is 3.30. The lowest BCUT2D eigenvalue weighted by atomic mass is 10.1. The van der Waals surface area contributed by atoms with E-state index in [2.05, 4.69) is 16.5 Å². The van der Waals surface area contributed by atoms with Gasteiger partial charge in [0.1, 0.15) is 17.1 Å². The number of carbonyl (C=O) groups excluding carboxylic acids is 1. The number of amides is 1. The Labute approximate surface area is 155 Å². The first-order valence-electron chi connectivity index (χ1n) is 8.12. The highest BCUT2D eigenvalue weighted by Crippen LogP contribution is 2.32. The Morgan fingerprint density at radius 1 is 1.23 bits per heavy atom. The lowest BCUT2D eigenvalue weighted by Gasteiger charge is -2.08. The minimum absolute atomic E-state index is 0.211. The van der Waals surface area contributed by atoms with Gasteiger partial charge in [-0.1, -0.05) is 11.2 Å². The maximum Gasteiger partial charge on any atom is 0.257 e. The van der Waals surface area contributed by atoms with Gasteiger partial charge < -0.3 is 19.3 Å². The van der Waals surface area contributed by atoms with Crippen molar-refractivity contribution in [1.82, 2.24) is 10.5 Å². The molecule has 1 amide bonds. The molecule has 0 aliphatic rings. The average molecular weight is 372 g/mol. The molecule has 1 aromatic carbocycles. The van der Waals surface area contributed by atoms with Crippen molar-refractivity contribution in [2.24, 2.45) is 0 Å². The first-order valence-corrected chi connectivity index (χ1v) is 9.00. The summed E-state index contributed by atoms with van der Waals surface area (Å²) in [6.45, 7) is 2.30. The van der Waals surface area contributed by atoms with Crippen molar-refractivity contribution >= 4 is 17.2 Å². The van der Waals surface area contributed by atoms with E-state index in [1.807, 2.05) is 11.4 Å². The molecule has 0 aliphatic carbocycles. The van der Waals surface area contributed by atoms with Gasteiger partial charge in [0, 0.05) is 23.1 Å². The highest BCUT2D eigenvalue weighted by molar-refractivity contribution is 7.09. The largest absolute Gasteiger partial charge is 0.497 e. The summed E-state index contributed by atoms with van der Waals surface area (Å²) < 4.78 is 16.0. The molecule has 0 fully saturated rings. The van der Waals surface area contributed by atoms with Gasteiger partial charge in [0.2, 0.25) is 0 Å². The van der Waals surface area contributed by atoms with E-state index in [1.54, 1.807) is 50.7 Å². The predicted octanol–water partition coefficient (Wildman–Crippen LogP) is 3.70. The molecule has 6 nitrogen and oxygen atoms in total. The van der Waals surface area contributed by atoms with E-state index in [4.69, 9.17) is 14.0 Å². The first-order chi connectivity index (χ1) is 12.6. The summed E-state index contributed by atoms with van der Waals surface area (Å²) in [7, 11) is 3.14. The lowest BCUT2D eigenvalue weighted by molar-refractivity contribution is 0.0954. The van der Waals surface area contributed by atoms with Gasteiger partial charge in [-0.3, -0.25) is 4.79 Å². The standard InChI is InChI=1S/C19H20N2O4S/c1-12-17(19(22)20-7-6-16-5-4-8-26-16)18(25-21-12)13-9-14(23-2)11-15(10-13)24-3/h4-5,8-11H,6-7H2,1-3H3,(H,20,22). The van der Waals surface area contributed by atoms with E-state index in [1.165, 1.54) is 4.88 Å². The van der Waals surface area contributed by atoms with Crippen LogP contribution in [-0.2, 0) is 6.42 Å². The summed E-state index contributed by atoms with van der Waals surface area (Å²) in [5.74, 6) is 1.40. The van der Waals surface area contributed by atoms with Crippen molar-refractivity contribution in [3.63, 3.8) is 0 Å². The fourth-order valence-corrected chi connectivity index (χ4v) is 3.32. The number of hydrogen-bond acceptors (Lipinski definition) is 6. The van der Waals surface area contributed by atoms with Gasteiger partial charge >= 0.3 is 0 Å². The van der Waals surface area contributed by atoms with Crippen LogP contribution in [0, 0.1) is 6.92 Å². The monoisotopic (exact) mass is 372 g/mol. The van der Waals surface area contributed by atoms with E-state index in [9.17, 15) is 4.79 Å². The molecule has 0 saturated heterocycles. The fraction of sp³-hybridized carbons (Fsp3) is 0.263. The number of rotatable bonds is 7. The molecule has 0 saturated carbocycles. The summed E-state index contributed by atoms with van der Waals surface area (Å²) >= 11 is 1.67. The quantitative estimate of drug-likeness (QED) is 0.684. The van der Waals surface area contributed by atoms with Gasteiger partial charge in [0.25, 0.3) is 5.91 Å². The Bertz CT molecular complexity index is 865. The molecular weight excluding hydrogens is 352 g/mol. The molecule has 136 valence electrons. The third-order valence-electron chi connectivity index (χ3n) is 3.94. The van der Waals surface area contributed by atoms with E-state index in [0.717, 1.165) is 6.42 Å². The zero-order valence-corrected chi connectivity index (χ0v) is 15.7. The molecule has 2 aromatic heterocycles. The van der Waals surface area contributed by atoms with Crippen LogP contribution in [0.3, 0.4) is 0 Å². The summed E-state index contributed by atoms with van der Waals surface area (Å²) in [5.41, 5.74) is 1.63. The second kappa shape index (κ2) is 8.05. The Hall–Kier alpha value is -2.80. The molecule has 0 spiro atoms. The maximum absolute atomic E-state index is 12.7. The van der Waals surface area contributed by atoms with Crippen LogP contribution in [0.5, 0.6) is 11.5 Å². The third kappa shape index (κ3) is 3.88. The zero-order valence-electron chi connectivity index (χ0n) is 14.9. The Morgan fingerprint density at radius 3 is 2.58 bits per heavy atom. The third-order valence-corrected chi connectivity index (χ3v) is 4.88. The minimum Gasteiger partial charge on any atom is -0.497 e. The Kier molecular flexibility index (Phi) is 5.58. The maximum atomic E-state index is 12.7. The summed E-state index contributed by atoms with van der Waals surface area (Å²) in [4.78, 5) is 13.9. The number of thiophene rings is 1. The number of methoxy groups -OCH3 is 2. The van der Waals surface area contributed by atoms with Gasteiger partial charge in [-0.2, -0.15) is 0 Å². The molecule has 1 N–H and O–H groups in total. The summed E-state index contributed by atoms with van der Waals surface area (Å²) in [6.07, 6.45) is 0.788. The van der Waals surface area contributed by atoms with E-state index >= 15 is 0 Å². The van der Waals surface area contributed by atoms with Gasteiger partial charge in [0.05, 0.1) is 19.9 Å². The predicted molar refractivity (Wildman–Crippen MR) is 100 cm³/mol. The number of nitrogens with zero attached hydrogens (tertiary/aromatic N) is 1. The molecular formula is C19H20N2O4S. The van der Waals surface area contributed by atoms with E-state index in [0.29, 0.717) is 40.6 Å². The van der Waals surface area contributed by atoms with E-state index in [-0.39, 0.29) is 5.91 Å². The van der Waals surface area contributed by atoms with Gasteiger partial charge in [-0.05, 0) is 36.9 Å². The molecule has 2 heterocycles. The second-order valence-corrected chi connectivity index (χ2v) is 6.69. The molecule has 26 heavy (non-hydrogen) atoms. The lowest BCUT2D eigenvalue weighted by Crippen LogP contribution is -2.26. The van der Waals surface area contributed by atoms with Gasteiger partial charge in [0.15, 0.2) is 5.76 Å². The second-order valence-electron chi connectivity index (χ2n) is 5.66. The van der Waals surface area contributed by atoms with Gasteiger partial charge in [-0.15, -0.1) is 11.3 Å². The molecule has 0 aliphatic heterocycles. The summed E-state index contributed by atoms with van der Waals surface area (Å²) in [6, 6.07) is 9.37. The molecule has 0 atom stereocenters. The summed E-state index contributed by atoms with van der Waals surface area (Å²) in [5, 5.41) is 8.93. The van der Waals surface area contributed by atoms with Crippen LogP contribution in [0.2, 0.25) is 0 Å². The minimum atomic E-state index is -0.211. The molecule has 3 rings (SSSR count). The number of aryl methyl sites for hydroxylation is 1. The Balaban J connectivity index is 1.83. The van der Waals surface area contributed by atoms with Crippen molar-refractivity contribution in [1.29, 1.82) is 0 Å². The topological polar surface area (TPSA) is 73.6 Å². The number of hydrogen-bond donors (Lipinski definition) is 1. The van der Waals surface area contributed by atoms with E-state index < -0.39 is 0 Å². The van der Waals surface area contributed by atoms with Crippen LogP contribution >= 0.6 is 11.3 Å². The number of benzene rings is 1. The van der Waals surface area contributed by atoms with Crippen molar-refractivity contribution in [3.05, 3.63) is 51.8 Å². The van der Waals surface area contributed by atoms with Crippen LogP contribution in [0.25, 0.3) is 11.3 Å². The number of ether oxygens (including phenoxy) is 2. The fourth-order valence-electron chi connectivity index (χ4n) is 2.62. The SMILES string of the molecule is COc1cc(OC)cc(-c2onc(C)c2C(=O)NCCc2cccs2)c1. The van der Waals surface area contributed by atoms with Crippen LogP contribution in [0.1, 0.15) is 20.9 Å². The van der Waals surface area contributed by atoms with Crippen molar-refractivity contribution in [3.8, 4) is 22.8 Å².